The van der Waals surface area contributed by atoms with Crippen LogP contribution in [0.4, 0.5) is 0 Å². The van der Waals surface area contributed by atoms with E-state index in [4.69, 9.17) is 9.98 Å². The number of nitrogens with zero attached hydrogens (tertiary/aromatic N) is 2. The van der Waals surface area contributed by atoms with Gasteiger partial charge in [0, 0.05) is 17.5 Å². The second kappa shape index (κ2) is 8.31. The van der Waals surface area contributed by atoms with E-state index in [0.717, 1.165) is 11.4 Å². The maximum absolute atomic E-state index is 12.8. The van der Waals surface area contributed by atoms with E-state index in [9.17, 15) is 9.59 Å². The summed E-state index contributed by atoms with van der Waals surface area (Å²) < 4.78 is 0. The van der Waals surface area contributed by atoms with Crippen molar-refractivity contribution in [2.24, 2.45) is 15.9 Å². The molecule has 0 bridgehead atoms. The van der Waals surface area contributed by atoms with Gasteiger partial charge in [-0.3, -0.25) is 19.6 Å². The zero-order valence-corrected chi connectivity index (χ0v) is 16.3. The van der Waals surface area contributed by atoms with Crippen molar-refractivity contribution in [3.8, 4) is 0 Å². The Kier molecular flexibility index (Phi) is 5.43. The number of aliphatic imine (C=N–C) groups is 2. The lowest BCUT2D eigenvalue weighted by atomic mass is 9.93. The molecule has 2 aromatic carbocycles. The topological polar surface area (TPSA) is 58.9 Å². The van der Waals surface area contributed by atoms with Gasteiger partial charge in [0.1, 0.15) is 0 Å². The number of fused-ring (bicyclic) bond motifs is 1. The number of hydrogen-bond acceptors (Lipinski definition) is 4. The summed E-state index contributed by atoms with van der Waals surface area (Å²) in [5.74, 6) is 0.252. The number of hydrogen-bond donors (Lipinski definition) is 0. The summed E-state index contributed by atoms with van der Waals surface area (Å²) in [7, 11) is 0. The first-order chi connectivity index (χ1) is 14.1. The highest BCUT2D eigenvalue weighted by Crippen LogP contribution is 2.24. The molecule has 0 saturated heterocycles. The van der Waals surface area contributed by atoms with Crippen LogP contribution in [0.3, 0.4) is 0 Å². The van der Waals surface area contributed by atoms with Gasteiger partial charge in [0.15, 0.2) is 11.6 Å². The minimum absolute atomic E-state index is 0.000367. The first-order valence-electron chi connectivity index (χ1n) is 9.82. The average Bonchev–Trinajstić information content (AvgIpc) is 2.75. The Bertz CT molecular complexity index is 1050. The molecule has 0 fully saturated rings. The predicted octanol–water partition coefficient (Wildman–Crippen LogP) is 4.89. The van der Waals surface area contributed by atoms with Gasteiger partial charge in [-0.2, -0.15) is 0 Å². The van der Waals surface area contributed by atoms with Gasteiger partial charge in [0.25, 0.3) is 0 Å². The third-order valence-electron chi connectivity index (χ3n) is 5.10. The molecule has 1 aliphatic carbocycles. The number of ketones is 2. The molecule has 2 atom stereocenters. The fourth-order valence-electron chi connectivity index (χ4n) is 3.52. The highest BCUT2D eigenvalue weighted by atomic mass is 16.1. The van der Waals surface area contributed by atoms with E-state index < -0.39 is 6.04 Å². The molecule has 4 nitrogen and oxygen atoms in total. The van der Waals surface area contributed by atoms with Crippen molar-refractivity contribution in [2.75, 3.05) is 0 Å². The number of allylic oxidation sites excluding steroid dienone is 3. The van der Waals surface area contributed by atoms with E-state index in [0.29, 0.717) is 16.8 Å². The maximum atomic E-state index is 12.8. The second-order valence-corrected chi connectivity index (χ2v) is 7.36. The molecular weight excluding hydrogens is 360 g/mol. The highest BCUT2D eigenvalue weighted by molar-refractivity contribution is 6.19. The zero-order valence-electron chi connectivity index (χ0n) is 16.3. The van der Waals surface area contributed by atoms with Crippen LogP contribution in [0, 0.1) is 5.92 Å². The minimum atomic E-state index is -0.430. The monoisotopic (exact) mass is 382 g/mol. The molecule has 4 heteroatoms. The number of Topliss-reactive ketones (excluding diaryl/α,β-unsaturated/α-hetero) is 2. The summed E-state index contributed by atoms with van der Waals surface area (Å²) in [6, 6.07) is 17.9. The van der Waals surface area contributed by atoms with Crippen LogP contribution in [-0.4, -0.2) is 29.0 Å². The average molecular weight is 382 g/mol. The summed E-state index contributed by atoms with van der Waals surface area (Å²) >= 11 is 0. The summed E-state index contributed by atoms with van der Waals surface area (Å²) in [5.41, 5.74) is 3.52. The Balaban J connectivity index is 1.61. The Morgan fingerprint density at radius 3 is 2.17 bits per heavy atom. The van der Waals surface area contributed by atoms with E-state index in [1.54, 1.807) is 24.3 Å². The highest BCUT2D eigenvalue weighted by Gasteiger charge is 2.28. The fraction of sp³-hybridized carbons (Fsp3) is 0.200. The molecule has 4 rings (SSSR count). The van der Waals surface area contributed by atoms with Crippen molar-refractivity contribution >= 4 is 23.0 Å². The van der Waals surface area contributed by atoms with Gasteiger partial charge in [0.2, 0.25) is 0 Å². The van der Waals surface area contributed by atoms with Crippen LogP contribution < -0.4 is 0 Å². The molecule has 144 valence electrons. The molecule has 2 aliphatic rings. The van der Waals surface area contributed by atoms with Crippen molar-refractivity contribution in [2.45, 2.75) is 25.8 Å². The molecule has 0 aromatic heterocycles. The van der Waals surface area contributed by atoms with E-state index in [-0.39, 0.29) is 30.3 Å². The van der Waals surface area contributed by atoms with Crippen molar-refractivity contribution in [1.82, 2.24) is 0 Å². The van der Waals surface area contributed by atoms with Crippen LogP contribution in [0.2, 0.25) is 0 Å². The predicted molar refractivity (Wildman–Crippen MR) is 116 cm³/mol. The van der Waals surface area contributed by atoms with Crippen LogP contribution in [0.15, 0.2) is 94.6 Å². The first kappa shape index (κ1) is 18.9. The van der Waals surface area contributed by atoms with Crippen LogP contribution in [0.5, 0.6) is 0 Å². The van der Waals surface area contributed by atoms with E-state index in [1.165, 1.54) is 0 Å². The smallest absolute Gasteiger partial charge is 0.168 e. The van der Waals surface area contributed by atoms with Crippen LogP contribution >= 0.6 is 0 Å². The molecular formula is C25H22N2O2. The third kappa shape index (κ3) is 4.37. The number of rotatable bonds is 6. The summed E-state index contributed by atoms with van der Waals surface area (Å²) in [4.78, 5) is 35.1. The van der Waals surface area contributed by atoms with E-state index in [1.807, 2.05) is 48.6 Å². The van der Waals surface area contributed by atoms with Gasteiger partial charge in [-0.05, 0) is 18.1 Å². The largest absolute Gasteiger partial charge is 0.294 e. The summed E-state index contributed by atoms with van der Waals surface area (Å²) in [6.07, 6.45) is 6.42. The van der Waals surface area contributed by atoms with Gasteiger partial charge in [-0.25, -0.2) is 0 Å². The lowest BCUT2D eigenvalue weighted by Crippen LogP contribution is -2.30. The van der Waals surface area contributed by atoms with Crippen LogP contribution in [0.25, 0.3) is 0 Å². The molecule has 2 aromatic rings. The normalized spacial score (nSPS) is 20.2. The lowest BCUT2D eigenvalue weighted by molar-refractivity contribution is 0.0972. The SMILES string of the molecule is CC1C=CC2=NC(CC(=O)c3ccccc3)C(CC(=O)c3ccccc3)=NC2=C1. The van der Waals surface area contributed by atoms with Gasteiger partial charge < -0.3 is 0 Å². The molecule has 0 radical (unpaired) electrons. The van der Waals surface area contributed by atoms with Crippen molar-refractivity contribution in [3.05, 3.63) is 95.7 Å². The van der Waals surface area contributed by atoms with Crippen molar-refractivity contribution < 1.29 is 9.59 Å². The molecule has 1 aliphatic heterocycles. The van der Waals surface area contributed by atoms with Crippen molar-refractivity contribution in [3.63, 3.8) is 0 Å². The van der Waals surface area contributed by atoms with Gasteiger partial charge in [-0.1, -0.05) is 73.7 Å². The summed E-state index contributed by atoms with van der Waals surface area (Å²) in [6.45, 7) is 2.08. The minimum Gasteiger partial charge on any atom is -0.294 e. The third-order valence-corrected chi connectivity index (χ3v) is 5.10. The zero-order chi connectivity index (χ0) is 20.2. The Morgan fingerprint density at radius 2 is 1.52 bits per heavy atom. The molecule has 0 spiro atoms. The second-order valence-electron chi connectivity index (χ2n) is 7.36. The van der Waals surface area contributed by atoms with Crippen LogP contribution in [0.1, 0.15) is 40.5 Å². The van der Waals surface area contributed by atoms with E-state index in [2.05, 4.69) is 13.0 Å². The Morgan fingerprint density at radius 1 is 0.897 bits per heavy atom. The summed E-state index contributed by atoms with van der Waals surface area (Å²) in [5, 5.41) is 0. The van der Waals surface area contributed by atoms with Gasteiger partial charge >= 0.3 is 0 Å². The molecule has 0 saturated carbocycles. The maximum Gasteiger partial charge on any atom is 0.168 e. The fourth-order valence-corrected chi connectivity index (χ4v) is 3.52. The van der Waals surface area contributed by atoms with Gasteiger partial charge in [-0.15, -0.1) is 0 Å². The quantitative estimate of drug-likeness (QED) is 0.668. The van der Waals surface area contributed by atoms with Crippen LogP contribution in [-0.2, 0) is 0 Å². The lowest BCUT2D eigenvalue weighted by Gasteiger charge is -2.24. The van der Waals surface area contributed by atoms with Crippen molar-refractivity contribution in [1.29, 1.82) is 0 Å². The Hall–Kier alpha value is -3.40. The first-order valence-corrected chi connectivity index (χ1v) is 9.82. The van der Waals surface area contributed by atoms with Gasteiger partial charge in [0.05, 0.1) is 29.6 Å². The Labute approximate surface area is 170 Å². The number of carbonyl (C=O) groups is 2. The van der Waals surface area contributed by atoms with E-state index >= 15 is 0 Å². The molecule has 0 N–H and O–H groups in total. The molecule has 2 unspecified atom stereocenters. The number of carbonyl (C=O) groups excluding carboxylic acids is 2. The molecule has 1 heterocycles. The molecule has 0 amide bonds. The molecule has 29 heavy (non-hydrogen) atoms. The standard InChI is InChI=1S/C25H22N2O2/c1-17-12-13-20-21(14-17)27-23(16-25(29)19-10-6-3-7-11-19)22(26-20)15-24(28)18-8-4-2-5-9-18/h2-14,17,22H,15-16H2,1H3. The number of benzene rings is 2.